The average Bonchev–Trinajstić information content (AvgIpc) is 2.77. The molecule has 0 spiro atoms. The molecule has 5 heteroatoms. The number of benzene rings is 1. The monoisotopic (exact) mass is 287 g/mol. The Morgan fingerprint density at radius 3 is 2.55 bits per heavy atom. The first-order chi connectivity index (χ1) is 9.35. The highest BCUT2D eigenvalue weighted by Crippen LogP contribution is 2.29. The van der Waals surface area contributed by atoms with Crippen molar-refractivity contribution in [2.24, 2.45) is 12.0 Å². The van der Waals surface area contributed by atoms with Gasteiger partial charge in [-0.25, -0.2) is 9.98 Å². The van der Waals surface area contributed by atoms with Gasteiger partial charge in [-0.15, -0.1) is 0 Å². The fourth-order valence-corrected chi connectivity index (χ4v) is 2.64. The minimum absolute atomic E-state index is 0.849. The number of imidazole rings is 1. The number of aromatic nitrogens is 2. The van der Waals surface area contributed by atoms with Gasteiger partial charge in [-0.2, -0.15) is 0 Å². The second-order valence-corrected chi connectivity index (χ2v) is 10.2. The first-order valence-electron chi connectivity index (χ1n) is 6.67. The zero-order valence-corrected chi connectivity index (χ0v) is 13.7. The summed E-state index contributed by atoms with van der Waals surface area (Å²) in [6.45, 7) is 8.46. The Balaban J connectivity index is 2.33. The van der Waals surface area contributed by atoms with Crippen molar-refractivity contribution in [1.82, 2.24) is 9.55 Å². The summed E-state index contributed by atoms with van der Waals surface area (Å²) in [6, 6.07) is 7.90. The third-order valence-electron chi connectivity index (χ3n) is 2.65. The lowest BCUT2D eigenvalue weighted by Crippen LogP contribution is -2.29. The van der Waals surface area contributed by atoms with E-state index < -0.39 is 8.32 Å². The fourth-order valence-electron chi connectivity index (χ4n) is 1.80. The first kappa shape index (κ1) is 14.5. The predicted molar refractivity (Wildman–Crippen MR) is 85.5 cm³/mol. The summed E-state index contributed by atoms with van der Waals surface area (Å²) < 4.78 is 8.00. The van der Waals surface area contributed by atoms with Crippen LogP contribution in [0, 0.1) is 0 Å². The zero-order valence-electron chi connectivity index (χ0n) is 12.7. The van der Waals surface area contributed by atoms with Gasteiger partial charge in [0.2, 0.25) is 8.32 Å². The average molecular weight is 287 g/mol. The molecule has 1 aromatic heterocycles. The molecule has 1 aromatic carbocycles. The molecule has 20 heavy (non-hydrogen) atoms. The summed E-state index contributed by atoms with van der Waals surface area (Å²) in [6.07, 6.45) is 3.74. The van der Waals surface area contributed by atoms with Crippen LogP contribution in [0.3, 0.4) is 0 Å². The van der Waals surface area contributed by atoms with Crippen molar-refractivity contribution in [2.45, 2.75) is 26.6 Å². The quantitative estimate of drug-likeness (QED) is 0.634. The molecular formula is C15H21N3OSi. The predicted octanol–water partition coefficient (Wildman–Crippen LogP) is 3.77. The number of aryl methyl sites for hydroxylation is 1. The number of aliphatic imine (C=N–C) groups is 1. The van der Waals surface area contributed by atoms with Crippen molar-refractivity contribution in [1.29, 1.82) is 0 Å². The molecule has 0 unspecified atom stereocenters. The standard InChI is InChI=1S/C15H21N3OSi/c1-12(14-10-18(2)11-16-14)17-13-8-6-7-9-15(13)19-20(3,4)5/h6-11H,1-5H3. The van der Waals surface area contributed by atoms with Gasteiger partial charge < -0.3 is 8.99 Å². The minimum Gasteiger partial charge on any atom is -0.543 e. The van der Waals surface area contributed by atoms with Crippen LogP contribution in [0.25, 0.3) is 0 Å². The highest BCUT2D eigenvalue weighted by Gasteiger charge is 2.18. The van der Waals surface area contributed by atoms with Crippen molar-refractivity contribution >= 4 is 19.7 Å². The van der Waals surface area contributed by atoms with Crippen molar-refractivity contribution in [3.63, 3.8) is 0 Å². The molecule has 0 atom stereocenters. The number of rotatable bonds is 4. The van der Waals surface area contributed by atoms with Crippen LogP contribution in [-0.4, -0.2) is 23.6 Å². The maximum absolute atomic E-state index is 6.08. The molecule has 0 saturated carbocycles. The Morgan fingerprint density at radius 1 is 1.25 bits per heavy atom. The summed E-state index contributed by atoms with van der Waals surface area (Å²) in [5.74, 6) is 0.849. The first-order valence-corrected chi connectivity index (χ1v) is 10.1. The summed E-state index contributed by atoms with van der Waals surface area (Å²) in [5.41, 5.74) is 2.63. The van der Waals surface area contributed by atoms with Crippen LogP contribution in [-0.2, 0) is 7.05 Å². The van der Waals surface area contributed by atoms with E-state index in [0.29, 0.717) is 0 Å². The van der Waals surface area contributed by atoms with Crippen LogP contribution in [0.4, 0.5) is 5.69 Å². The van der Waals surface area contributed by atoms with Gasteiger partial charge in [-0.05, 0) is 38.7 Å². The Hall–Kier alpha value is -1.88. The van der Waals surface area contributed by atoms with Crippen LogP contribution in [0.2, 0.25) is 19.6 Å². The van der Waals surface area contributed by atoms with Crippen LogP contribution in [0.15, 0.2) is 41.8 Å². The second kappa shape index (κ2) is 5.62. The molecule has 0 bridgehead atoms. The highest BCUT2D eigenvalue weighted by atomic mass is 28.4. The fraction of sp³-hybridized carbons (Fsp3) is 0.333. The van der Waals surface area contributed by atoms with E-state index in [-0.39, 0.29) is 0 Å². The molecular weight excluding hydrogens is 266 g/mol. The van der Waals surface area contributed by atoms with E-state index in [1.807, 2.05) is 49.0 Å². The van der Waals surface area contributed by atoms with Crippen LogP contribution in [0.1, 0.15) is 12.6 Å². The van der Waals surface area contributed by atoms with Crippen LogP contribution in [0.5, 0.6) is 5.75 Å². The van der Waals surface area contributed by atoms with Crippen LogP contribution >= 0.6 is 0 Å². The van der Waals surface area contributed by atoms with Gasteiger partial charge in [0.1, 0.15) is 17.1 Å². The van der Waals surface area contributed by atoms with Gasteiger partial charge in [-0.1, -0.05) is 12.1 Å². The molecule has 2 aromatic rings. The molecule has 4 nitrogen and oxygen atoms in total. The molecule has 0 N–H and O–H groups in total. The molecule has 0 aliphatic carbocycles. The number of hydrogen-bond acceptors (Lipinski definition) is 3. The minimum atomic E-state index is -1.64. The molecule has 1 heterocycles. The normalized spacial score (nSPS) is 12.6. The maximum atomic E-state index is 6.08. The summed E-state index contributed by atoms with van der Waals surface area (Å²) in [4.78, 5) is 8.98. The number of hydrogen-bond donors (Lipinski definition) is 0. The Labute approximate surface area is 121 Å². The third kappa shape index (κ3) is 3.80. The topological polar surface area (TPSA) is 39.4 Å². The van der Waals surface area contributed by atoms with Crippen LogP contribution < -0.4 is 4.43 Å². The molecule has 0 fully saturated rings. The Bertz CT molecular complexity index is 626. The smallest absolute Gasteiger partial charge is 0.242 e. The molecule has 2 rings (SSSR count). The lowest BCUT2D eigenvalue weighted by Gasteiger charge is -2.20. The lowest BCUT2D eigenvalue weighted by atomic mass is 10.2. The molecule has 0 aliphatic heterocycles. The summed E-state index contributed by atoms with van der Waals surface area (Å²) in [7, 11) is 0.306. The van der Waals surface area contributed by atoms with E-state index in [4.69, 9.17) is 4.43 Å². The van der Waals surface area contributed by atoms with Gasteiger partial charge in [0, 0.05) is 13.2 Å². The van der Waals surface area contributed by atoms with Crippen molar-refractivity contribution in [3.8, 4) is 5.75 Å². The van der Waals surface area contributed by atoms with Gasteiger partial charge in [-0.3, -0.25) is 0 Å². The molecule has 106 valence electrons. The summed E-state index contributed by atoms with van der Waals surface area (Å²) >= 11 is 0. The third-order valence-corrected chi connectivity index (χ3v) is 3.48. The van der Waals surface area contributed by atoms with Gasteiger partial charge >= 0.3 is 0 Å². The van der Waals surface area contributed by atoms with E-state index in [0.717, 1.165) is 22.8 Å². The van der Waals surface area contributed by atoms with E-state index in [9.17, 15) is 0 Å². The second-order valence-electron chi connectivity index (χ2n) is 5.80. The number of para-hydroxylation sites is 2. The van der Waals surface area contributed by atoms with Crippen molar-refractivity contribution in [3.05, 3.63) is 42.5 Å². The number of nitrogens with zero attached hydrogens (tertiary/aromatic N) is 3. The molecule has 0 saturated heterocycles. The van der Waals surface area contributed by atoms with E-state index in [2.05, 4.69) is 29.6 Å². The zero-order chi connectivity index (χ0) is 14.8. The van der Waals surface area contributed by atoms with E-state index in [1.165, 1.54) is 0 Å². The molecule has 0 aliphatic rings. The molecule has 0 radical (unpaired) electrons. The molecule has 0 amide bonds. The Morgan fingerprint density at radius 2 is 1.95 bits per heavy atom. The summed E-state index contributed by atoms with van der Waals surface area (Å²) in [5, 5.41) is 0. The SMILES string of the molecule is CC(=Nc1ccccc1O[Si](C)(C)C)c1cn(C)cn1. The van der Waals surface area contributed by atoms with Gasteiger partial charge in [0.15, 0.2) is 0 Å². The van der Waals surface area contributed by atoms with Gasteiger partial charge in [0.25, 0.3) is 0 Å². The largest absolute Gasteiger partial charge is 0.543 e. The lowest BCUT2D eigenvalue weighted by molar-refractivity contribution is 0.559. The Kier molecular flexibility index (Phi) is 4.08. The highest BCUT2D eigenvalue weighted by molar-refractivity contribution is 6.70. The van der Waals surface area contributed by atoms with E-state index in [1.54, 1.807) is 6.33 Å². The van der Waals surface area contributed by atoms with E-state index >= 15 is 0 Å². The van der Waals surface area contributed by atoms with Crippen molar-refractivity contribution in [2.75, 3.05) is 0 Å². The maximum Gasteiger partial charge on any atom is 0.242 e. The van der Waals surface area contributed by atoms with Crippen molar-refractivity contribution < 1.29 is 4.43 Å². The van der Waals surface area contributed by atoms with Gasteiger partial charge in [0.05, 0.1) is 12.0 Å².